The third-order valence-electron chi connectivity index (χ3n) is 4.81. The first-order chi connectivity index (χ1) is 13.6. The zero-order chi connectivity index (χ0) is 19.7. The Morgan fingerprint density at radius 1 is 1.29 bits per heavy atom. The molecular formula is C21H20ClN3O3. The average Bonchev–Trinajstić information content (AvgIpc) is 3.31. The van der Waals surface area contributed by atoms with Crippen LogP contribution in [0.2, 0.25) is 5.02 Å². The number of hydrogen-bond acceptors (Lipinski definition) is 5. The second kappa shape index (κ2) is 7.64. The van der Waals surface area contributed by atoms with E-state index in [9.17, 15) is 4.79 Å². The van der Waals surface area contributed by atoms with Crippen LogP contribution in [0, 0.1) is 6.92 Å². The van der Waals surface area contributed by atoms with Crippen LogP contribution < -0.4 is 9.64 Å². The lowest BCUT2D eigenvalue weighted by molar-refractivity contribution is -0.117. The van der Waals surface area contributed by atoms with Crippen molar-refractivity contribution in [3.8, 4) is 17.2 Å². The summed E-state index contributed by atoms with van der Waals surface area (Å²) >= 11 is 6.12. The van der Waals surface area contributed by atoms with Crippen molar-refractivity contribution in [2.45, 2.75) is 26.2 Å². The first-order valence-electron chi connectivity index (χ1n) is 9.19. The lowest BCUT2D eigenvalue weighted by Crippen LogP contribution is -2.25. The molecule has 1 aliphatic heterocycles. The first kappa shape index (κ1) is 18.5. The predicted octanol–water partition coefficient (Wildman–Crippen LogP) is 4.62. The lowest BCUT2D eigenvalue weighted by Gasteiger charge is -2.19. The van der Waals surface area contributed by atoms with E-state index in [-0.39, 0.29) is 11.8 Å². The lowest BCUT2D eigenvalue weighted by atomic mass is 10.1. The highest BCUT2D eigenvalue weighted by Gasteiger charge is 2.35. The molecule has 28 heavy (non-hydrogen) atoms. The number of para-hydroxylation sites is 1. The second-order valence-electron chi connectivity index (χ2n) is 6.72. The minimum Gasteiger partial charge on any atom is -0.493 e. The highest BCUT2D eigenvalue weighted by Crippen LogP contribution is 2.35. The number of hydrogen-bond donors (Lipinski definition) is 0. The largest absolute Gasteiger partial charge is 0.493 e. The van der Waals surface area contributed by atoms with Crippen molar-refractivity contribution < 1.29 is 14.1 Å². The van der Waals surface area contributed by atoms with Gasteiger partial charge in [-0.2, -0.15) is 4.98 Å². The molecule has 0 aliphatic carbocycles. The van der Waals surface area contributed by atoms with Gasteiger partial charge in [0.25, 0.3) is 5.89 Å². The molecule has 2 aromatic carbocycles. The fourth-order valence-corrected chi connectivity index (χ4v) is 3.59. The number of aryl methyl sites for hydroxylation is 1. The summed E-state index contributed by atoms with van der Waals surface area (Å²) in [5.41, 5.74) is 2.57. The van der Waals surface area contributed by atoms with E-state index in [0.29, 0.717) is 42.1 Å². The number of carbonyl (C=O) groups is 1. The Kier molecular flexibility index (Phi) is 5.05. The summed E-state index contributed by atoms with van der Waals surface area (Å²) in [6.45, 7) is 4.92. The van der Waals surface area contributed by atoms with Crippen molar-refractivity contribution >= 4 is 23.2 Å². The highest BCUT2D eigenvalue weighted by atomic mass is 35.5. The summed E-state index contributed by atoms with van der Waals surface area (Å²) in [4.78, 5) is 18.9. The summed E-state index contributed by atoms with van der Waals surface area (Å²) in [6, 6.07) is 13.1. The quantitative estimate of drug-likeness (QED) is 0.628. The van der Waals surface area contributed by atoms with Gasteiger partial charge in [-0.3, -0.25) is 4.79 Å². The number of halogens is 1. The summed E-state index contributed by atoms with van der Waals surface area (Å²) in [5.74, 6) is 1.50. The monoisotopic (exact) mass is 397 g/mol. The van der Waals surface area contributed by atoms with Gasteiger partial charge in [0.15, 0.2) is 5.82 Å². The van der Waals surface area contributed by atoms with Crippen LogP contribution in [0.15, 0.2) is 47.0 Å². The molecule has 0 radical (unpaired) electrons. The normalized spacial score (nSPS) is 16.6. The molecule has 1 fully saturated rings. The molecular weight excluding hydrogens is 378 g/mol. The van der Waals surface area contributed by atoms with Crippen LogP contribution in [-0.4, -0.2) is 29.2 Å². The maximum Gasteiger partial charge on any atom is 0.261 e. The van der Waals surface area contributed by atoms with Crippen LogP contribution in [0.5, 0.6) is 5.75 Å². The van der Waals surface area contributed by atoms with Crippen LogP contribution in [0.25, 0.3) is 11.5 Å². The molecule has 1 aliphatic rings. The van der Waals surface area contributed by atoms with Gasteiger partial charge in [-0.25, -0.2) is 0 Å². The van der Waals surface area contributed by atoms with Gasteiger partial charge in [0.1, 0.15) is 5.75 Å². The van der Waals surface area contributed by atoms with E-state index in [2.05, 4.69) is 10.1 Å². The van der Waals surface area contributed by atoms with E-state index in [1.165, 1.54) is 0 Å². The predicted molar refractivity (Wildman–Crippen MR) is 107 cm³/mol. The molecule has 0 N–H and O–H groups in total. The number of aromatic nitrogens is 2. The molecule has 0 bridgehead atoms. The van der Waals surface area contributed by atoms with Gasteiger partial charge in [0, 0.05) is 29.6 Å². The molecule has 4 rings (SSSR count). The molecule has 3 aromatic rings. The molecule has 2 heterocycles. The third kappa shape index (κ3) is 3.47. The van der Waals surface area contributed by atoms with E-state index < -0.39 is 0 Å². The summed E-state index contributed by atoms with van der Waals surface area (Å²) in [6.07, 6.45) is 0.331. The zero-order valence-electron chi connectivity index (χ0n) is 15.7. The Morgan fingerprint density at radius 3 is 2.93 bits per heavy atom. The molecule has 0 spiro atoms. The number of anilines is 1. The summed E-state index contributed by atoms with van der Waals surface area (Å²) < 4.78 is 11.1. The number of rotatable bonds is 5. The molecule has 1 saturated heterocycles. The van der Waals surface area contributed by atoms with E-state index >= 15 is 0 Å². The van der Waals surface area contributed by atoms with Gasteiger partial charge in [0.2, 0.25) is 5.91 Å². The summed E-state index contributed by atoms with van der Waals surface area (Å²) in [7, 11) is 0. The van der Waals surface area contributed by atoms with Gasteiger partial charge in [-0.1, -0.05) is 35.0 Å². The van der Waals surface area contributed by atoms with Crippen LogP contribution >= 0.6 is 11.6 Å². The van der Waals surface area contributed by atoms with Crippen molar-refractivity contribution in [1.82, 2.24) is 10.1 Å². The topological polar surface area (TPSA) is 68.5 Å². The Hall–Kier alpha value is -2.86. The second-order valence-corrected chi connectivity index (χ2v) is 7.16. The maximum absolute atomic E-state index is 12.6. The number of amides is 1. The fraction of sp³-hybridized carbons (Fsp3) is 0.286. The number of benzene rings is 2. The first-order valence-corrected chi connectivity index (χ1v) is 9.57. The summed E-state index contributed by atoms with van der Waals surface area (Å²) in [5, 5.41) is 4.73. The smallest absolute Gasteiger partial charge is 0.261 e. The van der Waals surface area contributed by atoms with E-state index in [1.807, 2.05) is 56.3 Å². The van der Waals surface area contributed by atoms with Gasteiger partial charge in [-0.05, 0) is 43.7 Å². The maximum atomic E-state index is 12.6. The van der Waals surface area contributed by atoms with E-state index in [1.54, 1.807) is 4.90 Å². The van der Waals surface area contributed by atoms with Crippen molar-refractivity contribution in [3.05, 3.63) is 58.9 Å². The molecule has 6 nitrogen and oxygen atoms in total. The number of ether oxygens (including phenoxy) is 1. The Balaban J connectivity index is 1.59. The molecule has 1 aromatic heterocycles. The SMILES string of the molecule is CCOc1ccccc1-c1nc(C2CC(=O)N(c3cc(Cl)ccc3C)C2)no1. The van der Waals surface area contributed by atoms with E-state index in [4.69, 9.17) is 20.9 Å². The van der Waals surface area contributed by atoms with Gasteiger partial charge >= 0.3 is 0 Å². The van der Waals surface area contributed by atoms with Crippen molar-refractivity contribution in [2.24, 2.45) is 0 Å². The van der Waals surface area contributed by atoms with Crippen LogP contribution in [0.3, 0.4) is 0 Å². The molecule has 1 unspecified atom stereocenters. The van der Waals surface area contributed by atoms with Crippen LogP contribution in [0.1, 0.15) is 30.7 Å². The molecule has 144 valence electrons. The van der Waals surface area contributed by atoms with Crippen molar-refractivity contribution in [2.75, 3.05) is 18.1 Å². The number of nitrogens with zero attached hydrogens (tertiary/aromatic N) is 3. The molecule has 7 heteroatoms. The molecule has 1 atom stereocenters. The van der Waals surface area contributed by atoms with Crippen LogP contribution in [-0.2, 0) is 4.79 Å². The van der Waals surface area contributed by atoms with Gasteiger partial charge < -0.3 is 14.2 Å². The minimum atomic E-state index is -0.136. The van der Waals surface area contributed by atoms with Gasteiger partial charge in [-0.15, -0.1) is 0 Å². The molecule has 1 amide bonds. The Labute approximate surface area is 168 Å². The van der Waals surface area contributed by atoms with Crippen LogP contribution in [0.4, 0.5) is 5.69 Å². The zero-order valence-corrected chi connectivity index (χ0v) is 16.4. The minimum absolute atomic E-state index is 0.0245. The fourth-order valence-electron chi connectivity index (χ4n) is 3.42. The average molecular weight is 398 g/mol. The standard InChI is InChI=1S/C21H20ClN3O3/c1-3-27-18-7-5-4-6-16(18)21-23-20(24-28-21)14-10-19(26)25(12-14)17-11-15(22)9-8-13(17)2/h4-9,11,14H,3,10,12H2,1-2H3. The van der Waals surface area contributed by atoms with Gasteiger partial charge in [0.05, 0.1) is 12.2 Å². The van der Waals surface area contributed by atoms with E-state index in [0.717, 1.165) is 16.8 Å². The third-order valence-corrected chi connectivity index (χ3v) is 5.05. The van der Waals surface area contributed by atoms with Crippen molar-refractivity contribution in [3.63, 3.8) is 0 Å². The Bertz CT molecular complexity index is 1020. The van der Waals surface area contributed by atoms with Crippen molar-refractivity contribution in [1.29, 1.82) is 0 Å². The molecule has 0 saturated carbocycles. The Morgan fingerprint density at radius 2 is 2.11 bits per heavy atom. The number of carbonyl (C=O) groups excluding carboxylic acids is 1. The highest BCUT2D eigenvalue weighted by molar-refractivity contribution is 6.31.